The molecule has 14 heavy (non-hydrogen) atoms. The van der Waals surface area contributed by atoms with Gasteiger partial charge in [0.25, 0.3) is 0 Å². The lowest BCUT2D eigenvalue weighted by atomic mass is 10.1. The van der Waals surface area contributed by atoms with E-state index in [0.717, 1.165) is 12.8 Å². The standard InChI is InChI=1S/C13H25O/c1-2-3-4-5-6-7-8-9-10-11-12-13-14/h1-2,14H,3-13H2. The van der Waals surface area contributed by atoms with E-state index in [-0.39, 0.29) is 0 Å². The van der Waals surface area contributed by atoms with Gasteiger partial charge in [-0.2, -0.15) is 0 Å². The zero-order chi connectivity index (χ0) is 10.5. The summed E-state index contributed by atoms with van der Waals surface area (Å²) in [6.45, 7) is 5.65. The van der Waals surface area contributed by atoms with E-state index < -0.39 is 0 Å². The van der Waals surface area contributed by atoms with Crippen LogP contribution in [0.3, 0.4) is 0 Å². The number of aliphatic hydroxyl groups excluding tert-OH is 1. The summed E-state index contributed by atoms with van der Waals surface area (Å²) in [4.78, 5) is 0. The lowest BCUT2D eigenvalue weighted by Gasteiger charge is -2.00. The molecule has 0 atom stereocenters. The molecule has 0 saturated heterocycles. The summed E-state index contributed by atoms with van der Waals surface area (Å²) in [6.07, 6.45) is 14.3. The van der Waals surface area contributed by atoms with Crippen molar-refractivity contribution >= 4 is 0 Å². The van der Waals surface area contributed by atoms with Gasteiger partial charge in [0.2, 0.25) is 0 Å². The van der Waals surface area contributed by atoms with Crippen LogP contribution in [0.15, 0.2) is 6.08 Å². The summed E-state index contributed by atoms with van der Waals surface area (Å²) >= 11 is 0. The first-order chi connectivity index (χ1) is 6.91. The van der Waals surface area contributed by atoms with Gasteiger partial charge in [0, 0.05) is 6.61 Å². The fraction of sp³-hybridized carbons (Fsp3) is 0.846. The van der Waals surface area contributed by atoms with Crippen LogP contribution in [0.5, 0.6) is 0 Å². The summed E-state index contributed by atoms with van der Waals surface area (Å²) in [5.41, 5.74) is 0. The Morgan fingerprint density at radius 3 is 1.57 bits per heavy atom. The maximum atomic E-state index is 8.58. The third-order valence-electron chi connectivity index (χ3n) is 2.53. The second-order valence-corrected chi connectivity index (χ2v) is 3.93. The van der Waals surface area contributed by atoms with E-state index in [4.69, 9.17) is 11.7 Å². The molecule has 1 nitrogen and oxygen atoms in total. The van der Waals surface area contributed by atoms with Crippen LogP contribution >= 0.6 is 0 Å². The van der Waals surface area contributed by atoms with Crippen molar-refractivity contribution in [1.82, 2.24) is 0 Å². The second kappa shape index (κ2) is 12.7. The minimum atomic E-state index is 0.357. The molecule has 0 spiro atoms. The summed E-state index contributed by atoms with van der Waals surface area (Å²) in [7, 11) is 0. The number of hydrogen-bond donors (Lipinski definition) is 1. The average Bonchev–Trinajstić information content (AvgIpc) is 2.21. The van der Waals surface area contributed by atoms with Gasteiger partial charge < -0.3 is 5.11 Å². The van der Waals surface area contributed by atoms with Crippen molar-refractivity contribution in [1.29, 1.82) is 0 Å². The maximum absolute atomic E-state index is 8.58. The van der Waals surface area contributed by atoms with Gasteiger partial charge in [-0.15, -0.1) is 0 Å². The molecule has 0 rings (SSSR count). The highest BCUT2D eigenvalue weighted by molar-refractivity contribution is 4.61. The van der Waals surface area contributed by atoms with Crippen molar-refractivity contribution in [3.05, 3.63) is 12.7 Å². The predicted octanol–water partition coefficient (Wildman–Crippen LogP) is 3.87. The summed E-state index contributed by atoms with van der Waals surface area (Å²) < 4.78 is 0. The van der Waals surface area contributed by atoms with Gasteiger partial charge in [0.15, 0.2) is 0 Å². The topological polar surface area (TPSA) is 20.2 Å². The van der Waals surface area contributed by atoms with Crippen molar-refractivity contribution < 1.29 is 5.11 Å². The molecule has 0 aliphatic heterocycles. The maximum Gasteiger partial charge on any atom is 0.0431 e. The van der Waals surface area contributed by atoms with Crippen LogP contribution in [-0.2, 0) is 0 Å². The molecule has 83 valence electrons. The quantitative estimate of drug-likeness (QED) is 0.498. The Morgan fingerprint density at radius 1 is 0.714 bits per heavy atom. The van der Waals surface area contributed by atoms with Crippen LogP contribution in [0.4, 0.5) is 0 Å². The van der Waals surface area contributed by atoms with Crippen LogP contribution in [0.25, 0.3) is 0 Å². The highest BCUT2D eigenvalue weighted by atomic mass is 16.2. The van der Waals surface area contributed by atoms with Crippen LogP contribution in [-0.4, -0.2) is 11.7 Å². The van der Waals surface area contributed by atoms with E-state index in [9.17, 15) is 0 Å². The van der Waals surface area contributed by atoms with Crippen molar-refractivity contribution in [2.75, 3.05) is 6.61 Å². The molecule has 0 aliphatic carbocycles. The fourth-order valence-corrected chi connectivity index (χ4v) is 1.61. The number of rotatable bonds is 11. The minimum absolute atomic E-state index is 0.357. The first-order valence-electron chi connectivity index (χ1n) is 6.06. The molecule has 0 aliphatic rings. The van der Waals surface area contributed by atoms with Crippen molar-refractivity contribution in [3.63, 3.8) is 0 Å². The Labute approximate surface area is 89.2 Å². The van der Waals surface area contributed by atoms with E-state index in [0.29, 0.717) is 6.61 Å². The van der Waals surface area contributed by atoms with Crippen LogP contribution in [0.1, 0.15) is 64.2 Å². The van der Waals surface area contributed by atoms with E-state index in [1.807, 2.05) is 0 Å². The molecule has 0 heterocycles. The second-order valence-electron chi connectivity index (χ2n) is 3.93. The molecule has 0 bridgehead atoms. The Kier molecular flexibility index (Phi) is 12.4. The monoisotopic (exact) mass is 197 g/mol. The normalized spacial score (nSPS) is 10.4. The summed E-state index contributed by atoms with van der Waals surface area (Å²) in [5.74, 6) is 0. The van der Waals surface area contributed by atoms with Crippen molar-refractivity contribution in [2.24, 2.45) is 0 Å². The Morgan fingerprint density at radius 2 is 1.14 bits per heavy atom. The number of unbranched alkanes of at least 4 members (excludes halogenated alkanes) is 9. The van der Waals surface area contributed by atoms with E-state index in [1.165, 1.54) is 51.4 Å². The summed E-state index contributed by atoms with van der Waals surface area (Å²) in [5, 5.41) is 8.58. The van der Waals surface area contributed by atoms with Gasteiger partial charge in [0.05, 0.1) is 0 Å². The van der Waals surface area contributed by atoms with E-state index in [1.54, 1.807) is 6.08 Å². The van der Waals surface area contributed by atoms with E-state index in [2.05, 4.69) is 0 Å². The molecule has 1 radical (unpaired) electrons. The van der Waals surface area contributed by atoms with Crippen LogP contribution in [0.2, 0.25) is 0 Å². The zero-order valence-electron chi connectivity index (χ0n) is 9.38. The smallest absolute Gasteiger partial charge is 0.0431 e. The van der Waals surface area contributed by atoms with E-state index >= 15 is 0 Å². The first kappa shape index (κ1) is 13.7. The Balaban J connectivity index is 2.81. The fourth-order valence-electron chi connectivity index (χ4n) is 1.61. The minimum Gasteiger partial charge on any atom is -0.396 e. The lowest BCUT2D eigenvalue weighted by Crippen LogP contribution is -1.84. The molecule has 0 aromatic heterocycles. The molecule has 0 unspecified atom stereocenters. The largest absolute Gasteiger partial charge is 0.396 e. The van der Waals surface area contributed by atoms with Gasteiger partial charge in [-0.25, -0.2) is 0 Å². The number of aliphatic hydroxyl groups is 1. The highest BCUT2D eigenvalue weighted by Gasteiger charge is 1.91. The molecule has 1 heteroatoms. The number of allylic oxidation sites excluding steroid dienone is 1. The Bertz CT molecular complexity index is 110. The SMILES string of the molecule is [CH]=CCCCCCCCCCCCO. The van der Waals surface area contributed by atoms with Gasteiger partial charge in [-0.05, 0) is 19.3 Å². The van der Waals surface area contributed by atoms with Gasteiger partial charge in [-0.1, -0.05) is 57.6 Å². The predicted molar refractivity (Wildman–Crippen MR) is 62.1 cm³/mol. The molecule has 0 aromatic carbocycles. The van der Waals surface area contributed by atoms with Gasteiger partial charge >= 0.3 is 0 Å². The highest BCUT2D eigenvalue weighted by Crippen LogP contribution is 2.10. The first-order valence-corrected chi connectivity index (χ1v) is 6.06. The van der Waals surface area contributed by atoms with Gasteiger partial charge in [-0.3, -0.25) is 0 Å². The van der Waals surface area contributed by atoms with Gasteiger partial charge in [0.1, 0.15) is 0 Å². The summed E-state index contributed by atoms with van der Waals surface area (Å²) in [6, 6.07) is 0. The molecule has 0 aromatic rings. The number of hydrogen-bond acceptors (Lipinski definition) is 1. The zero-order valence-corrected chi connectivity index (χ0v) is 9.38. The lowest BCUT2D eigenvalue weighted by molar-refractivity contribution is 0.282. The molecule has 0 amide bonds. The molecular formula is C13H25O. The van der Waals surface area contributed by atoms with Crippen LogP contribution < -0.4 is 0 Å². The van der Waals surface area contributed by atoms with Crippen molar-refractivity contribution in [2.45, 2.75) is 64.2 Å². The third-order valence-corrected chi connectivity index (χ3v) is 2.53. The molecule has 0 fully saturated rings. The van der Waals surface area contributed by atoms with Crippen molar-refractivity contribution in [3.8, 4) is 0 Å². The molecular weight excluding hydrogens is 172 g/mol. The molecule has 1 N–H and O–H groups in total. The average molecular weight is 197 g/mol. The third kappa shape index (κ3) is 11.7. The molecule has 0 saturated carbocycles. The Hall–Kier alpha value is -0.300. The van der Waals surface area contributed by atoms with Crippen LogP contribution in [0, 0.1) is 6.58 Å².